The second kappa shape index (κ2) is 7.55. The number of hydrogen-bond donors (Lipinski definition) is 2. The third-order valence-corrected chi connectivity index (χ3v) is 5.31. The number of rotatable bonds is 4. The van der Waals surface area contributed by atoms with Gasteiger partial charge in [0.1, 0.15) is 11.5 Å². The van der Waals surface area contributed by atoms with Gasteiger partial charge in [0.2, 0.25) is 0 Å². The molecule has 0 saturated carbocycles. The monoisotopic (exact) mass is 399 g/mol. The highest BCUT2D eigenvalue weighted by Crippen LogP contribution is 2.24. The Bertz CT molecular complexity index is 1200. The van der Waals surface area contributed by atoms with E-state index >= 15 is 0 Å². The molecule has 0 fully saturated rings. The minimum atomic E-state index is -0.195. The van der Waals surface area contributed by atoms with Crippen molar-refractivity contribution >= 4 is 5.91 Å². The predicted molar refractivity (Wildman–Crippen MR) is 112 cm³/mol. The molecule has 0 bridgehead atoms. The zero-order chi connectivity index (χ0) is 20.5. The largest absolute Gasteiger partial charge is 0.347 e. The van der Waals surface area contributed by atoms with Crippen LogP contribution in [0.1, 0.15) is 28.4 Å². The highest BCUT2D eigenvalue weighted by molar-refractivity contribution is 5.98. The molecule has 0 aliphatic carbocycles. The van der Waals surface area contributed by atoms with Gasteiger partial charge in [-0.3, -0.25) is 14.9 Å². The molecule has 1 atom stereocenters. The van der Waals surface area contributed by atoms with Gasteiger partial charge in [0.15, 0.2) is 0 Å². The molecule has 1 aliphatic rings. The first-order valence-corrected chi connectivity index (χ1v) is 9.92. The molecule has 0 radical (unpaired) electrons. The Hall–Kier alpha value is -3.81. The molecule has 3 aromatic heterocycles. The molecular formula is C22H21N7O. The number of carbonyl (C=O) groups excluding carboxylic acids is 1. The van der Waals surface area contributed by atoms with Crippen molar-refractivity contribution in [1.29, 1.82) is 0 Å². The lowest BCUT2D eigenvalue weighted by Gasteiger charge is -2.24. The van der Waals surface area contributed by atoms with Crippen LogP contribution in [0.3, 0.4) is 0 Å². The van der Waals surface area contributed by atoms with Crippen LogP contribution in [0.5, 0.6) is 0 Å². The van der Waals surface area contributed by atoms with E-state index in [9.17, 15) is 4.79 Å². The smallest absolute Gasteiger partial charge is 0.270 e. The van der Waals surface area contributed by atoms with Gasteiger partial charge in [-0.05, 0) is 13.3 Å². The van der Waals surface area contributed by atoms with E-state index in [-0.39, 0.29) is 11.9 Å². The molecule has 1 aromatic carbocycles. The van der Waals surface area contributed by atoms with Crippen molar-refractivity contribution in [2.45, 2.75) is 32.4 Å². The number of imidazole rings is 1. The fourth-order valence-electron chi connectivity index (χ4n) is 3.80. The summed E-state index contributed by atoms with van der Waals surface area (Å²) in [4.78, 5) is 26.3. The summed E-state index contributed by atoms with van der Waals surface area (Å²) in [5, 5.41) is 9.98. The van der Waals surface area contributed by atoms with Gasteiger partial charge in [0.05, 0.1) is 35.0 Å². The number of aromatic nitrogens is 6. The molecule has 30 heavy (non-hydrogen) atoms. The number of amides is 1. The standard InChI is InChI=1S/C22H21N7O/c1-14-10-23-12-18(25-14)17-11-24-28-21(17)22(30)26-16-7-8-29-13-19(27-20(29)9-16)15-5-3-2-4-6-15/h2-6,10-13,16H,7-9H2,1H3,(H,24,28)(H,26,30). The number of nitrogens with one attached hydrogen (secondary N) is 2. The van der Waals surface area contributed by atoms with Crippen molar-refractivity contribution < 1.29 is 4.79 Å². The fourth-order valence-corrected chi connectivity index (χ4v) is 3.80. The maximum absolute atomic E-state index is 12.9. The lowest BCUT2D eigenvalue weighted by molar-refractivity contribution is 0.0926. The van der Waals surface area contributed by atoms with Crippen LogP contribution in [-0.4, -0.2) is 41.7 Å². The second-order valence-corrected chi connectivity index (χ2v) is 7.47. The van der Waals surface area contributed by atoms with Gasteiger partial charge in [-0.25, -0.2) is 9.97 Å². The number of benzene rings is 1. The first kappa shape index (κ1) is 18.2. The van der Waals surface area contributed by atoms with Crippen LogP contribution in [0.4, 0.5) is 0 Å². The van der Waals surface area contributed by atoms with Crippen LogP contribution in [0.25, 0.3) is 22.5 Å². The number of fused-ring (bicyclic) bond motifs is 1. The molecule has 8 heteroatoms. The SMILES string of the molecule is Cc1cncc(-c2cn[nH]c2C(=O)NC2CCn3cc(-c4ccccc4)nc3C2)n1. The summed E-state index contributed by atoms with van der Waals surface area (Å²) in [5.41, 5.74) is 4.52. The van der Waals surface area contributed by atoms with Crippen LogP contribution in [0.2, 0.25) is 0 Å². The van der Waals surface area contributed by atoms with E-state index in [4.69, 9.17) is 4.98 Å². The number of carbonyl (C=O) groups is 1. The number of aryl methyl sites for hydroxylation is 2. The Labute approximate surface area is 173 Å². The Morgan fingerprint density at radius 1 is 1.13 bits per heavy atom. The predicted octanol–water partition coefficient (Wildman–Crippen LogP) is 2.78. The summed E-state index contributed by atoms with van der Waals surface area (Å²) in [6, 6.07) is 10.1. The van der Waals surface area contributed by atoms with Gasteiger partial charge in [-0.2, -0.15) is 5.10 Å². The zero-order valence-electron chi connectivity index (χ0n) is 16.5. The molecule has 2 N–H and O–H groups in total. The van der Waals surface area contributed by atoms with Crippen molar-refractivity contribution in [2.24, 2.45) is 0 Å². The maximum atomic E-state index is 12.9. The fraction of sp³-hybridized carbons (Fsp3) is 0.227. The first-order valence-electron chi connectivity index (χ1n) is 9.92. The highest BCUT2D eigenvalue weighted by atomic mass is 16.2. The summed E-state index contributed by atoms with van der Waals surface area (Å²) in [6.07, 6.45) is 8.54. The van der Waals surface area contributed by atoms with Gasteiger partial charge < -0.3 is 9.88 Å². The molecule has 8 nitrogen and oxygen atoms in total. The number of hydrogen-bond acceptors (Lipinski definition) is 5. The lowest BCUT2D eigenvalue weighted by atomic mass is 10.1. The van der Waals surface area contributed by atoms with Gasteiger partial charge in [-0.1, -0.05) is 30.3 Å². The van der Waals surface area contributed by atoms with Gasteiger partial charge in [0, 0.05) is 37.0 Å². The third-order valence-electron chi connectivity index (χ3n) is 5.31. The molecule has 1 unspecified atom stereocenters. The van der Waals surface area contributed by atoms with E-state index in [0.29, 0.717) is 23.4 Å². The molecule has 5 rings (SSSR count). The Kier molecular flexibility index (Phi) is 4.59. The van der Waals surface area contributed by atoms with Crippen molar-refractivity contribution in [1.82, 2.24) is 35.0 Å². The highest BCUT2D eigenvalue weighted by Gasteiger charge is 2.25. The summed E-state index contributed by atoms with van der Waals surface area (Å²) in [5.74, 6) is 0.791. The van der Waals surface area contributed by atoms with Crippen LogP contribution in [0.15, 0.2) is 55.1 Å². The zero-order valence-corrected chi connectivity index (χ0v) is 16.5. The number of aromatic amines is 1. The summed E-state index contributed by atoms with van der Waals surface area (Å²) in [7, 11) is 0. The molecule has 150 valence electrons. The van der Waals surface area contributed by atoms with Crippen molar-refractivity contribution in [3.05, 3.63) is 72.3 Å². The summed E-state index contributed by atoms with van der Waals surface area (Å²) in [6.45, 7) is 2.68. The summed E-state index contributed by atoms with van der Waals surface area (Å²) >= 11 is 0. The van der Waals surface area contributed by atoms with E-state index in [1.807, 2.05) is 25.1 Å². The van der Waals surface area contributed by atoms with Crippen molar-refractivity contribution in [2.75, 3.05) is 0 Å². The van der Waals surface area contributed by atoms with E-state index in [0.717, 1.165) is 35.7 Å². The average Bonchev–Trinajstić information content (AvgIpc) is 3.41. The second-order valence-electron chi connectivity index (χ2n) is 7.47. The minimum Gasteiger partial charge on any atom is -0.347 e. The Morgan fingerprint density at radius 3 is 2.83 bits per heavy atom. The van der Waals surface area contributed by atoms with E-state index in [1.54, 1.807) is 18.6 Å². The van der Waals surface area contributed by atoms with Crippen LogP contribution in [-0.2, 0) is 13.0 Å². The van der Waals surface area contributed by atoms with E-state index in [1.165, 1.54) is 0 Å². The van der Waals surface area contributed by atoms with Gasteiger partial charge in [0.25, 0.3) is 5.91 Å². The normalized spacial score (nSPS) is 15.6. The van der Waals surface area contributed by atoms with E-state index in [2.05, 4.69) is 48.4 Å². The van der Waals surface area contributed by atoms with E-state index < -0.39 is 0 Å². The van der Waals surface area contributed by atoms with Crippen molar-refractivity contribution in [3.63, 3.8) is 0 Å². The minimum absolute atomic E-state index is 0.00997. The third kappa shape index (κ3) is 3.47. The van der Waals surface area contributed by atoms with Gasteiger partial charge >= 0.3 is 0 Å². The molecule has 4 aromatic rings. The van der Waals surface area contributed by atoms with Crippen LogP contribution in [0, 0.1) is 6.92 Å². The molecule has 4 heterocycles. The summed E-state index contributed by atoms with van der Waals surface area (Å²) < 4.78 is 2.18. The molecule has 0 saturated heterocycles. The quantitative estimate of drug-likeness (QED) is 0.549. The van der Waals surface area contributed by atoms with Crippen LogP contribution >= 0.6 is 0 Å². The number of H-pyrrole nitrogens is 1. The Morgan fingerprint density at radius 2 is 2.00 bits per heavy atom. The molecule has 0 spiro atoms. The van der Waals surface area contributed by atoms with Gasteiger partial charge in [-0.15, -0.1) is 0 Å². The molecular weight excluding hydrogens is 378 g/mol. The van der Waals surface area contributed by atoms with Crippen LogP contribution < -0.4 is 5.32 Å². The maximum Gasteiger partial charge on any atom is 0.270 e. The Balaban J connectivity index is 1.32. The molecule has 1 aliphatic heterocycles. The number of nitrogens with zero attached hydrogens (tertiary/aromatic N) is 5. The van der Waals surface area contributed by atoms with Crippen molar-refractivity contribution in [3.8, 4) is 22.5 Å². The molecule has 1 amide bonds. The lowest BCUT2D eigenvalue weighted by Crippen LogP contribution is -2.40. The topological polar surface area (TPSA) is 101 Å². The first-order chi connectivity index (χ1) is 14.7. The average molecular weight is 399 g/mol.